The summed E-state index contributed by atoms with van der Waals surface area (Å²) in [5.74, 6) is 0. The molecule has 1 aromatic heterocycles. The highest BCUT2D eigenvalue weighted by atomic mass is 14.9. The number of benzene rings is 3. The molecule has 0 amide bonds. The van der Waals surface area contributed by atoms with Crippen molar-refractivity contribution >= 4 is 17.1 Å². The molecule has 1 N–H and O–H groups in total. The minimum atomic E-state index is 0.924. The van der Waals surface area contributed by atoms with Gasteiger partial charge in [-0.15, -0.1) is 0 Å². The largest absolute Gasteiger partial charge is 0.353 e. The first kappa shape index (κ1) is 16.5. The molecular formula is C28H17N3. The van der Waals surface area contributed by atoms with Crippen molar-refractivity contribution in [3.63, 3.8) is 0 Å². The molecule has 7 rings (SSSR count). The molecule has 0 aliphatic carbocycles. The molecule has 0 radical (unpaired) electrons. The van der Waals surface area contributed by atoms with Gasteiger partial charge in [0.05, 0.1) is 28.1 Å². The van der Waals surface area contributed by atoms with Crippen LogP contribution in [-0.2, 0) is 0 Å². The van der Waals surface area contributed by atoms with E-state index in [1.165, 1.54) is 11.1 Å². The van der Waals surface area contributed by atoms with Gasteiger partial charge in [-0.2, -0.15) is 0 Å². The Morgan fingerprint density at radius 2 is 1.45 bits per heavy atom. The van der Waals surface area contributed by atoms with E-state index in [-0.39, 0.29) is 0 Å². The number of rotatable bonds is 0. The summed E-state index contributed by atoms with van der Waals surface area (Å²) in [5.41, 5.74) is 10.7. The second-order valence-corrected chi connectivity index (χ2v) is 7.98. The molecule has 0 fully saturated rings. The first-order valence-corrected chi connectivity index (χ1v) is 10.4. The molecule has 3 nitrogen and oxygen atoms in total. The van der Waals surface area contributed by atoms with E-state index in [2.05, 4.69) is 102 Å². The number of allylic oxidation sites excluding steroid dienone is 2. The quantitative estimate of drug-likeness (QED) is 0.402. The number of hydrogen-bond acceptors (Lipinski definition) is 3. The third-order valence-corrected chi connectivity index (χ3v) is 6.17. The molecule has 4 heterocycles. The summed E-state index contributed by atoms with van der Waals surface area (Å²) in [5, 5.41) is 5.72. The molecule has 0 atom stereocenters. The van der Waals surface area contributed by atoms with Crippen LogP contribution in [0, 0.1) is 0 Å². The minimum Gasteiger partial charge on any atom is -0.353 e. The van der Waals surface area contributed by atoms with Crippen LogP contribution in [-0.4, -0.2) is 4.98 Å². The van der Waals surface area contributed by atoms with Gasteiger partial charge in [0.2, 0.25) is 0 Å². The predicted octanol–water partition coefficient (Wildman–Crippen LogP) is 4.97. The van der Waals surface area contributed by atoms with E-state index < -0.39 is 0 Å². The lowest BCUT2D eigenvalue weighted by Gasteiger charge is -2.16. The lowest BCUT2D eigenvalue weighted by atomic mass is 9.96. The van der Waals surface area contributed by atoms with Gasteiger partial charge in [0.15, 0.2) is 0 Å². The molecule has 31 heavy (non-hydrogen) atoms. The van der Waals surface area contributed by atoms with Crippen molar-refractivity contribution in [2.24, 2.45) is 4.99 Å². The lowest BCUT2D eigenvalue weighted by Crippen LogP contribution is -2.32. The molecular weight excluding hydrogens is 378 g/mol. The minimum absolute atomic E-state index is 0.924. The van der Waals surface area contributed by atoms with Crippen molar-refractivity contribution in [2.75, 3.05) is 0 Å². The number of nitrogens with zero attached hydrogens (tertiary/aromatic N) is 2. The van der Waals surface area contributed by atoms with Crippen molar-refractivity contribution < 1.29 is 0 Å². The fourth-order valence-electron chi connectivity index (χ4n) is 4.69. The summed E-state index contributed by atoms with van der Waals surface area (Å²) in [6, 6.07) is 27.7. The fourth-order valence-corrected chi connectivity index (χ4v) is 4.69. The van der Waals surface area contributed by atoms with Crippen molar-refractivity contribution in [3.05, 3.63) is 113 Å². The lowest BCUT2D eigenvalue weighted by molar-refractivity contribution is 1.15. The third kappa shape index (κ3) is 2.41. The number of aromatic nitrogens is 1. The highest BCUT2D eigenvalue weighted by Crippen LogP contribution is 2.41. The molecule has 0 spiro atoms. The van der Waals surface area contributed by atoms with E-state index in [1.54, 1.807) is 0 Å². The molecule has 3 heteroatoms. The second kappa shape index (κ2) is 6.13. The van der Waals surface area contributed by atoms with Crippen molar-refractivity contribution in [2.45, 2.75) is 0 Å². The number of para-hydroxylation sites is 2. The topological polar surface area (TPSA) is 37.3 Å². The van der Waals surface area contributed by atoms with Crippen LogP contribution in [0.15, 0.2) is 102 Å². The maximum atomic E-state index is 5.16. The van der Waals surface area contributed by atoms with E-state index >= 15 is 0 Å². The van der Waals surface area contributed by atoms with Crippen LogP contribution in [0.1, 0.15) is 5.69 Å². The van der Waals surface area contributed by atoms with Gasteiger partial charge in [-0.3, -0.25) is 0 Å². The highest BCUT2D eigenvalue weighted by Gasteiger charge is 2.20. The summed E-state index contributed by atoms with van der Waals surface area (Å²) >= 11 is 0. The first-order valence-electron chi connectivity index (χ1n) is 10.4. The SMILES string of the molecule is C1=CC2=c3cccc4c3=Nc3c(cccc3-4)-c3cccc(c3)-c3cccc(n3)C(=C1)N2. The second-order valence-electron chi connectivity index (χ2n) is 7.98. The number of fused-ring (bicyclic) bond motifs is 10. The average Bonchev–Trinajstić information content (AvgIpc) is 3.23. The van der Waals surface area contributed by atoms with Crippen LogP contribution in [0.4, 0.5) is 5.69 Å². The standard InChI is InChI=1S/C28H17N3/c1-6-17-16-18(7-1)23-12-4-14-25(29-23)26-15-5-13-24(30-26)22-11-3-10-21-20-9-2-8-19(17)27(20)31-28(21)22/h1-16,30H. The number of nitrogens with one attached hydrogen (secondary N) is 1. The molecule has 8 bridgehead atoms. The van der Waals surface area contributed by atoms with Gasteiger partial charge < -0.3 is 5.32 Å². The first-order chi connectivity index (χ1) is 15.3. The van der Waals surface area contributed by atoms with Gasteiger partial charge in [-0.1, -0.05) is 66.7 Å². The Bertz CT molecular complexity index is 1610. The zero-order valence-corrected chi connectivity index (χ0v) is 16.6. The molecule has 0 unspecified atom stereocenters. The van der Waals surface area contributed by atoms with E-state index in [9.17, 15) is 0 Å². The Labute approximate surface area is 179 Å². The molecule has 3 aromatic carbocycles. The Morgan fingerprint density at radius 1 is 0.677 bits per heavy atom. The van der Waals surface area contributed by atoms with E-state index in [4.69, 9.17) is 9.98 Å². The molecule has 144 valence electrons. The van der Waals surface area contributed by atoms with Gasteiger partial charge in [-0.05, 0) is 35.9 Å². The van der Waals surface area contributed by atoms with E-state index in [0.29, 0.717) is 0 Å². The Morgan fingerprint density at radius 3 is 2.45 bits per heavy atom. The highest BCUT2D eigenvalue weighted by molar-refractivity contribution is 5.92. The van der Waals surface area contributed by atoms with Gasteiger partial charge in [-0.25, -0.2) is 9.98 Å². The maximum Gasteiger partial charge on any atom is 0.0871 e. The Kier molecular flexibility index (Phi) is 3.27. The normalized spacial score (nSPS) is 14.3. The zero-order valence-electron chi connectivity index (χ0n) is 16.6. The average molecular weight is 395 g/mol. The summed E-state index contributed by atoms with van der Waals surface area (Å²) < 4.78 is 0. The molecule has 4 aromatic rings. The van der Waals surface area contributed by atoms with Gasteiger partial charge >= 0.3 is 0 Å². The van der Waals surface area contributed by atoms with Gasteiger partial charge in [0.1, 0.15) is 0 Å². The zero-order chi connectivity index (χ0) is 20.4. The van der Waals surface area contributed by atoms with Gasteiger partial charge in [0, 0.05) is 33.2 Å². The van der Waals surface area contributed by atoms with Crippen molar-refractivity contribution in [1.29, 1.82) is 0 Å². The third-order valence-electron chi connectivity index (χ3n) is 6.17. The number of pyridine rings is 1. The predicted molar refractivity (Wildman–Crippen MR) is 125 cm³/mol. The van der Waals surface area contributed by atoms with Crippen LogP contribution in [0.2, 0.25) is 0 Å². The van der Waals surface area contributed by atoms with Crippen molar-refractivity contribution in [1.82, 2.24) is 10.3 Å². The number of hydrogen-bond donors (Lipinski definition) is 1. The van der Waals surface area contributed by atoms with Crippen molar-refractivity contribution in [3.8, 4) is 33.5 Å². The molecule has 3 aliphatic rings. The van der Waals surface area contributed by atoms with Crippen LogP contribution in [0.3, 0.4) is 0 Å². The Balaban J connectivity index is 1.65. The van der Waals surface area contributed by atoms with E-state index in [1.807, 2.05) is 0 Å². The van der Waals surface area contributed by atoms with Crippen LogP contribution < -0.4 is 15.9 Å². The monoisotopic (exact) mass is 395 g/mol. The van der Waals surface area contributed by atoms with Crippen LogP contribution in [0.25, 0.3) is 44.9 Å². The summed E-state index contributed by atoms with van der Waals surface area (Å²) in [7, 11) is 0. The van der Waals surface area contributed by atoms with Crippen LogP contribution >= 0.6 is 0 Å². The van der Waals surface area contributed by atoms with Gasteiger partial charge in [0.25, 0.3) is 0 Å². The molecule has 0 saturated heterocycles. The van der Waals surface area contributed by atoms with Crippen LogP contribution in [0.5, 0.6) is 0 Å². The van der Waals surface area contributed by atoms with E-state index in [0.717, 1.165) is 55.7 Å². The molecule has 3 aliphatic heterocycles. The maximum absolute atomic E-state index is 5.16. The summed E-state index contributed by atoms with van der Waals surface area (Å²) in [4.78, 5) is 10.1. The number of dihydropyridines is 1. The molecule has 0 saturated carbocycles. The fraction of sp³-hybridized carbons (Fsp3) is 0. The smallest absolute Gasteiger partial charge is 0.0871 e. The Hall–Kier alpha value is -4.24. The summed E-state index contributed by atoms with van der Waals surface area (Å²) in [6.45, 7) is 0. The summed E-state index contributed by atoms with van der Waals surface area (Å²) in [6.07, 6.45) is 6.26.